The van der Waals surface area contributed by atoms with E-state index in [1.165, 1.54) is 5.56 Å². The highest BCUT2D eigenvalue weighted by molar-refractivity contribution is 5.22. The third kappa shape index (κ3) is 3.73. The van der Waals surface area contributed by atoms with Gasteiger partial charge in [-0.3, -0.25) is 4.68 Å². The molecule has 3 nitrogen and oxygen atoms in total. The number of aromatic nitrogens is 2. The van der Waals surface area contributed by atoms with Crippen LogP contribution >= 0.6 is 0 Å². The molecule has 2 atom stereocenters. The van der Waals surface area contributed by atoms with Gasteiger partial charge in [0.2, 0.25) is 0 Å². The van der Waals surface area contributed by atoms with Crippen LogP contribution in [0.15, 0.2) is 36.4 Å². The number of aliphatic hydroxyl groups excluding tert-OH is 1. The third-order valence-electron chi connectivity index (χ3n) is 4.13. The number of aryl methyl sites for hydroxylation is 2. The van der Waals surface area contributed by atoms with Crippen molar-refractivity contribution in [1.29, 1.82) is 0 Å². The van der Waals surface area contributed by atoms with Crippen molar-refractivity contribution in [2.45, 2.75) is 58.6 Å². The van der Waals surface area contributed by atoms with Gasteiger partial charge in [-0.1, -0.05) is 44.2 Å². The molecule has 0 amide bonds. The van der Waals surface area contributed by atoms with Crippen molar-refractivity contribution in [3.05, 3.63) is 53.3 Å². The van der Waals surface area contributed by atoms with Crippen LogP contribution in [0.4, 0.5) is 0 Å². The van der Waals surface area contributed by atoms with Crippen LogP contribution in [0.3, 0.4) is 0 Å². The first kappa shape index (κ1) is 15.8. The second-order valence-corrected chi connectivity index (χ2v) is 5.49. The topological polar surface area (TPSA) is 38.0 Å². The summed E-state index contributed by atoms with van der Waals surface area (Å²) >= 11 is 0. The van der Waals surface area contributed by atoms with Crippen molar-refractivity contribution in [1.82, 2.24) is 9.78 Å². The fourth-order valence-electron chi connectivity index (χ4n) is 2.91. The summed E-state index contributed by atoms with van der Waals surface area (Å²) in [6, 6.07) is 12.4. The summed E-state index contributed by atoms with van der Waals surface area (Å²) in [6.45, 7) is 7.19. The Labute approximate surface area is 127 Å². The van der Waals surface area contributed by atoms with Gasteiger partial charge in [-0.15, -0.1) is 0 Å². The van der Waals surface area contributed by atoms with E-state index >= 15 is 0 Å². The summed E-state index contributed by atoms with van der Waals surface area (Å²) in [5.41, 5.74) is 3.45. The number of aliphatic hydroxyl groups is 1. The standard InChI is InChI=1S/C18H26N2O/c1-4-15-12-16(20(6-3)19-15)13-18(21)17(5-2)14-10-8-7-9-11-14/h7-12,17-18,21H,4-6,13H2,1-3H3. The number of hydrogen-bond donors (Lipinski definition) is 1. The maximum Gasteiger partial charge on any atom is 0.0663 e. The van der Waals surface area contributed by atoms with E-state index in [0.717, 1.165) is 30.8 Å². The van der Waals surface area contributed by atoms with Gasteiger partial charge in [-0.25, -0.2) is 0 Å². The smallest absolute Gasteiger partial charge is 0.0663 e. The highest BCUT2D eigenvalue weighted by Gasteiger charge is 2.21. The van der Waals surface area contributed by atoms with Gasteiger partial charge < -0.3 is 5.11 Å². The van der Waals surface area contributed by atoms with Gasteiger partial charge in [0, 0.05) is 24.6 Å². The molecule has 1 N–H and O–H groups in total. The Balaban J connectivity index is 2.16. The van der Waals surface area contributed by atoms with Crippen LogP contribution in [0.2, 0.25) is 0 Å². The molecule has 0 bridgehead atoms. The summed E-state index contributed by atoms with van der Waals surface area (Å²) in [7, 11) is 0. The molecular formula is C18H26N2O. The molecule has 0 aliphatic rings. The first-order valence-corrected chi connectivity index (χ1v) is 7.98. The molecule has 114 valence electrons. The lowest BCUT2D eigenvalue weighted by molar-refractivity contribution is 0.138. The van der Waals surface area contributed by atoms with Gasteiger partial charge >= 0.3 is 0 Å². The molecule has 2 rings (SSSR count). The zero-order valence-corrected chi connectivity index (χ0v) is 13.3. The van der Waals surface area contributed by atoms with Crippen LogP contribution in [-0.4, -0.2) is 21.0 Å². The van der Waals surface area contributed by atoms with Crippen LogP contribution in [0.25, 0.3) is 0 Å². The molecule has 0 radical (unpaired) electrons. The lowest BCUT2D eigenvalue weighted by Crippen LogP contribution is -2.22. The molecule has 0 spiro atoms. The van der Waals surface area contributed by atoms with Crippen molar-refractivity contribution >= 4 is 0 Å². The van der Waals surface area contributed by atoms with Crippen LogP contribution in [0, 0.1) is 0 Å². The number of rotatable bonds is 7. The van der Waals surface area contributed by atoms with Crippen LogP contribution in [-0.2, 0) is 19.4 Å². The third-order valence-corrected chi connectivity index (χ3v) is 4.13. The predicted octanol–water partition coefficient (Wildman–Crippen LogP) is 3.56. The lowest BCUT2D eigenvalue weighted by atomic mass is 9.88. The maximum atomic E-state index is 10.7. The monoisotopic (exact) mass is 286 g/mol. The molecular weight excluding hydrogens is 260 g/mol. The second-order valence-electron chi connectivity index (χ2n) is 5.49. The fourth-order valence-corrected chi connectivity index (χ4v) is 2.91. The van der Waals surface area contributed by atoms with Crippen molar-refractivity contribution in [3.8, 4) is 0 Å². The van der Waals surface area contributed by atoms with Crippen LogP contribution in [0.1, 0.15) is 50.1 Å². The zero-order chi connectivity index (χ0) is 15.2. The molecule has 0 fully saturated rings. The van der Waals surface area contributed by atoms with Gasteiger partial charge in [-0.2, -0.15) is 5.10 Å². The van der Waals surface area contributed by atoms with E-state index in [2.05, 4.69) is 44.1 Å². The summed E-state index contributed by atoms with van der Waals surface area (Å²) in [4.78, 5) is 0. The summed E-state index contributed by atoms with van der Waals surface area (Å²) in [5.74, 6) is 0.177. The predicted molar refractivity (Wildman–Crippen MR) is 86.5 cm³/mol. The quantitative estimate of drug-likeness (QED) is 0.845. The van der Waals surface area contributed by atoms with E-state index in [4.69, 9.17) is 0 Å². The van der Waals surface area contributed by atoms with Gasteiger partial charge in [-0.05, 0) is 31.4 Å². The Kier molecular flexibility index (Phi) is 5.57. The van der Waals surface area contributed by atoms with E-state index in [1.807, 2.05) is 22.9 Å². The molecule has 1 aromatic heterocycles. The zero-order valence-electron chi connectivity index (χ0n) is 13.3. The van der Waals surface area contributed by atoms with E-state index in [1.54, 1.807) is 0 Å². The van der Waals surface area contributed by atoms with Crippen molar-refractivity contribution in [2.75, 3.05) is 0 Å². The van der Waals surface area contributed by atoms with Crippen LogP contribution < -0.4 is 0 Å². The Morgan fingerprint density at radius 1 is 1.14 bits per heavy atom. The molecule has 0 saturated carbocycles. The first-order chi connectivity index (χ1) is 10.2. The SMILES string of the molecule is CCc1cc(CC(O)C(CC)c2ccccc2)n(CC)n1. The fraction of sp³-hybridized carbons (Fsp3) is 0.500. The summed E-state index contributed by atoms with van der Waals surface area (Å²) in [5, 5.41) is 15.2. The molecule has 0 aliphatic carbocycles. The summed E-state index contributed by atoms with van der Waals surface area (Å²) in [6.07, 6.45) is 2.16. The first-order valence-electron chi connectivity index (χ1n) is 7.98. The molecule has 3 heteroatoms. The molecule has 21 heavy (non-hydrogen) atoms. The highest BCUT2D eigenvalue weighted by Crippen LogP contribution is 2.25. The van der Waals surface area contributed by atoms with E-state index in [-0.39, 0.29) is 12.0 Å². The highest BCUT2D eigenvalue weighted by atomic mass is 16.3. The lowest BCUT2D eigenvalue weighted by Gasteiger charge is -2.22. The Morgan fingerprint density at radius 2 is 1.86 bits per heavy atom. The average molecular weight is 286 g/mol. The second kappa shape index (κ2) is 7.41. The minimum Gasteiger partial charge on any atom is -0.392 e. The van der Waals surface area contributed by atoms with Crippen molar-refractivity contribution in [2.24, 2.45) is 0 Å². The maximum absolute atomic E-state index is 10.7. The Bertz CT molecular complexity index is 548. The molecule has 0 aliphatic heterocycles. The average Bonchev–Trinajstić information content (AvgIpc) is 2.91. The molecule has 1 aromatic carbocycles. The molecule has 0 saturated heterocycles. The molecule has 1 heterocycles. The van der Waals surface area contributed by atoms with Crippen molar-refractivity contribution in [3.63, 3.8) is 0 Å². The van der Waals surface area contributed by atoms with Gasteiger partial charge in [0.1, 0.15) is 0 Å². The van der Waals surface area contributed by atoms with E-state index in [0.29, 0.717) is 6.42 Å². The van der Waals surface area contributed by atoms with Crippen LogP contribution in [0.5, 0.6) is 0 Å². The summed E-state index contributed by atoms with van der Waals surface area (Å²) < 4.78 is 2.01. The Hall–Kier alpha value is -1.61. The number of nitrogens with zero attached hydrogens (tertiary/aromatic N) is 2. The van der Waals surface area contributed by atoms with Crippen molar-refractivity contribution < 1.29 is 5.11 Å². The largest absolute Gasteiger partial charge is 0.392 e. The number of hydrogen-bond acceptors (Lipinski definition) is 2. The van der Waals surface area contributed by atoms with E-state index in [9.17, 15) is 5.11 Å². The normalized spacial score (nSPS) is 14.1. The minimum atomic E-state index is -0.371. The minimum absolute atomic E-state index is 0.177. The Morgan fingerprint density at radius 3 is 2.43 bits per heavy atom. The molecule has 2 aromatic rings. The van der Waals surface area contributed by atoms with Gasteiger partial charge in [0.05, 0.1) is 11.8 Å². The van der Waals surface area contributed by atoms with E-state index < -0.39 is 0 Å². The number of benzene rings is 1. The van der Waals surface area contributed by atoms with Gasteiger partial charge in [0.25, 0.3) is 0 Å². The van der Waals surface area contributed by atoms with Gasteiger partial charge in [0.15, 0.2) is 0 Å². The molecule has 2 unspecified atom stereocenters.